The second-order valence-electron chi connectivity index (χ2n) is 4.33. The zero-order valence-corrected chi connectivity index (χ0v) is 11.8. The molecule has 3 aromatic rings. The monoisotopic (exact) mass is 305 g/mol. The van der Waals surface area contributed by atoms with Crippen molar-refractivity contribution in [1.29, 1.82) is 0 Å². The van der Waals surface area contributed by atoms with Gasteiger partial charge in [0.25, 0.3) is 0 Å². The number of thiazole rings is 1. The fourth-order valence-corrected chi connectivity index (χ4v) is 2.82. The normalized spacial score (nSPS) is 12.4. The van der Waals surface area contributed by atoms with Crippen LogP contribution in [0.15, 0.2) is 28.3 Å². The molecule has 0 radical (unpaired) electrons. The minimum absolute atomic E-state index is 0.00589. The van der Waals surface area contributed by atoms with E-state index < -0.39 is 4.92 Å². The van der Waals surface area contributed by atoms with Crippen molar-refractivity contribution >= 4 is 33.7 Å². The lowest BCUT2D eigenvalue weighted by Gasteiger charge is -2.15. The molecule has 0 amide bonds. The SMILES string of the molecule is CCC(Nc1ccc([N+](=O)[O-])c2nonc12)c1nccs1. The topological polar surface area (TPSA) is 107 Å². The van der Waals surface area contributed by atoms with Crippen LogP contribution in [-0.2, 0) is 0 Å². The molecule has 108 valence electrons. The fraction of sp³-hybridized carbons (Fsp3) is 0.250. The molecule has 8 nitrogen and oxygen atoms in total. The molecule has 0 spiro atoms. The zero-order chi connectivity index (χ0) is 14.8. The minimum Gasteiger partial charge on any atom is -0.374 e. The number of benzene rings is 1. The van der Waals surface area contributed by atoms with Gasteiger partial charge >= 0.3 is 5.69 Å². The van der Waals surface area contributed by atoms with Crippen LogP contribution in [-0.4, -0.2) is 20.2 Å². The van der Waals surface area contributed by atoms with E-state index in [0.717, 1.165) is 11.4 Å². The lowest BCUT2D eigenvalue weighted by atomic mass is 10.2. The quantitative estimate of drug-likeness (QED) is 0.569. The summed E-state index contributed by atoms with van der Waals surface area (Å²) in [6.07, 6.45) is 2.56. The number of nitro groups is 1. The number of hydrogen-bond acceptors (Lipinski definition) is 8. The van der Waals surface area contributed by atoms with Crippen LogP contribution in [0.1, 0.15) is 24.4 Å². The Balaban J connectivity index is 2.00. The summed E-state index contributed by atoms with van der Waals surface area (Å²) in [5.74, 6) is 0. The van der Waals surface area contributed by atoms with Gasteiger partial charge in [-0.3, -0.25) is 10.1 Å². The number of nitrogens with one attached hydrogen (secondary N) is 1. The molecule has 1 N–H and O–H groups in total. The molecule has 1 unspecified atom stereocenters. The van der Waals surface area contributed by atoms with Gasteiger partial charge in [-0.15, -0.1) is 11.3 Å². The van der Waals surface area contributed by atoms with Crippen LogP contribution in [0, 0.1) is 10.1 Å². The predicted octanol–water partition coefficient (Wildman–Crippen LogP) is 3.15. The number of fused-ring (bicyclic) bond motifs is 1. The first-order valence-electron chi connectivity index (χ1n) is 6.26. The first kappa shape index (κ1) is 13.4. The fourth-order valence-electron chi connectivity index (χ4n) is 2.05. The number of nitro benzene ring substituents is 1. The van der Waals surface area contributed by atoms with Crippen molar-refractivity contribution in [1.82, 2.24) is 15.3 Å². The third kappa shape index (κ3) is 2.42. The second kappa shape index (κ2) is 5.44. The van der Waals surface area contributed by atoms with Crippen LogP contribution < -0.4 is 5.32 Å². The number of aromatic nitrogens is 3. The summed E-state index contributed by atoms with van der Waals surface area (Å²) in [6.45, 7) is 2.03. The number of non-ortho nitro benzene ring substituents is 1. The van der Waals surface area contributed by atoms with Crippen molar-refractivity contribution in [2.24, 2.45) is 0 Å². The van der Waals surface area contributed by atoms with Crippen LogP contribution in [0.25, 0.3) is 11.0 Å². The molecular weight excluding hydrogens is 294 g/mol. The van der Waals surface area contributed by atoms with Gasteiger partial charge < -0.3 is 5.32 Å². The lowest BCUT2D eigenvalue weighted by Crippen LogP contribution is -2.09. The van der Waals surface area contributed by atoms with Gasteiger partial charge in [-0.25, -0.2) is 9.61 Å². The maximum atomic E-state index is 11.0. The van der Waals surface area contributed by atoms with Crippen LogP contribution in [0.5, 0.6) is 0 Å². The Morgan fingerprint density at radius 2 is 2.24 bits per heavy atom. The molecular formula is C12H11N5O3S. The van der Waals surface area contributed by atoms with E-state index in [4.69, 9.17) is 0 Å². The van der Waals surface area contributed by atoms with Crippen molar-refractivity contribution in [3.63, 3.8) is 0 Å². The van der Waals surface area contributed by atoms with E-state index in [1.54, 1.807) is 23.6 Å². The standard InChI is InChI=1S/C12H11N5O3S/c1-2-7(12-13-5-6-21-12)14-8-3-4-9(17(18)19)11-10(8)15-20-16-11/h3-7,14H,2H2,1H3. The highest BCUT2D eigenvalue weighted by Gasteiger charge is 2.21. The number of hydrogen-bond donors (Lipinski definition) is 1. The summed E-state index contributed by atoms with van der Waals surface area (Å²) in [6, 6.07) is 3.01. The number of anilines is 1. The van der Waals surface area contributed by atoms with E-state index in [1.165, 1.54) is 6.07 Å². The van der Waals surface area contributed by atoms with Gasteiger partial charge in [-0.2, -0.15) is 0 Å². The smallest absolute Gasteiger partial charge is 0.300 e. The van der Waals surface area contributed by atoms with Gasteiger partial charge in [-0.1, -0.05) is 6.92 Å². The maximum absolute atomic E-state index is 11.0. The Hall–Kier alpha value is -2.55. The summed E-state index contributed by atoms with van der Waals surface area (Å²) < 4.78 is 4.64. The zero-order valence-electron chi connectivity index (χ0n) is 11.0. The summed E-state index contributed by atoms with van der Waals surface area (Å²) in [5.41, 5.74) is 0.996. The molecule has 0 aliphatic rings. The minimum atomic E-state index is -0.506. The van der Waals surface area contributed by atoms with Gasteiger partial charge in [-0.05, 0) is 22.8 Å². The van der Waals surface area contributed by atoms with E-state index >= 15 is 0 Å². The van der Waals surface area contributed by atoms with E-state index in [-0.39, 0.29) is 17.2 Å². The molecule has 0 fully saturated rings. The first-order valence-corrected chi connectivity index (χ1v) is 7.14. The average molecular weight is 305 g/mol. The van der Waals surface area contributed by atoms with E-state index in [1.807, 2.05) is 12.3 Å². The van der Waals surface area contributed by atoms with E-state index in [0.29, 0.717) is 11.2 Å². The second-order valence-corrected chi connectivity index (χ2v) is 5.25. The predicted molar refractivity (Wildman–Crippen MR) is 77.2 cm³/mol. The average Bonchev–Trinajstić information content (AvgIpc) is 3.15. The third-order valence-electron chi connectivity index (χ3n) is 3.08. The lowest BCUT2D eigenvalue weighted by molar-refractivity contribution is -0.383. The Morgan fingerprint density at radius 1 is 1.43 bits per heavy atom. The van der Waals surface area contributed by atoms with Crippen molar-refractivity contribution in [2.45, 2.75) is 19.4 Å². The van der Waals surface area contributed by atoms with Crippen LogP contribution in [0.3, 0.4) is 0 Å². The van der Waals surface area contributed by atoms with E-state index in [2.05, 4.69) is 25.2 Å². The van der Waals surface area contributed by atoms with Gasteiger partial charge in [0.1, 0.15) is 5.01 Å². The summed E-state index contributed by atoms with van der Waals surface area (Å²) >= 11 is 1.55. The third-order valence-corrected chi connectivity index (χ3v) is 3.97. The molecule has 0 saturated heterocycles. The number of rotatable bonds is 5. The van der Waals surface area contributed by atoms with Gasteiger partial charge in [0.2, 0.25) is 5.52 Å². The molecule has 9 heteroatoms. The van der Waals surface area contributed by atoms with Crippen molar-refractivity contribution in [3.8, 4) is 0 Å². The molecule has 2 aromatic heterocycles. The first-order chi connectivity index (χ1) is 10.2. The van der Waals surface area contributed by atoms with Crippen LogP contribution in [0.4, 0.5) is 11.4 Å². The van der Waals surface area contributed by atoms with Gasteiger partial charge in [0, 0.05) is 17.6 Å². The maximum Gasteiger partial charge on any atom is 0.300 e. The molecule has 3 rings (SSSR count). The molecule has 0 aliphatic heterocycles. The van der Waals surface area contributed by atoms with E-state index in [9.17, 15) is 10.1 Å². The van der Waals surface area contributed by atoms with Crippen molar-refractivity contribution in [2.75, 3.05) is 5.32 Å². The Kier molecular flexibility index (Phi) is 3.48. The highest BCUT2D eigenvalue weighted by atomic mass is 32.1. The van der Waals surface area contributed by atoms with Crippen molar-refractivity contribution in [3.05, 3.63) is 38.8 Å². The molecule has 1 aromatic carbocycles. The Bertz CT molecular complexity index is 770. The number of nitrogens with zero attached hydrogens (tertiary/aromatic N) is 4. The Morgan fingerprint density at radius 3 is 2.90 bits per heavy atom. The molecule has 0 saturated carbocycles. The highest BCUT2D eigenvalue weighted by Crippen LogP contribution is 2.32. The van der Waals surface area contributed by atoms with Crippen molar-refractivity contribution < 1.29 is 9.55 Å². The molecule has 2 heterocycles. The molecule has 0 aliphatic carbocycles. The van der Waals surface area contributed by atoms with Crippen LogP contribution in [0.2, 0.25) is 0 Å². The summed E-state index contributed by atoms with van der Waals surface area (Å²) in [5, 5.41) is 24.5. The largest absolute Gasteiger partial charge is 0.374 e. The molecule has 21 heavy (non-hydrogen) atoms. The molecule has 0 bridgehead atoms. The highest BCUT2D eigenvalue weighted by molar-refractivity contribution is 7.09. The Labute approximate surface area is 122 Å². The molecule has 1 atom stereocenters. The summed E-state index contributed by atoms with van der Waals surface area (Å²) in [4.78, 5) is 14.7. The summed E-state index contributed by atoms with van der Waals surface area (Å²) in [7, 11) is 0. The van der Waals surface area contributed by atoms with Gasteiger partial charge in [0.05, 0.1) is 16.7 Å². The van der Waals surface area contributed by atoms with Crippen LogP contribution >= 0.6 is 11.3 Å². The van der Waals surface area contributed by atoms with Gasteiger partial charge in [0.15, 0.2) is 5.52 Å².